The van der Waals surface area contributed by atoms with E-state index in [-0.39, 0.29) is 0 Å². The Hall–Kier alpha value is -1.75. The lowest BCUT2D eigenvalue weighted by atomic mass is 9.92. The SMILES string of the molecule is CCNC1CCCc2nc(-c3cnn(C(C)C)c3)ncc21. The number of nitrogens with one attached hydrogen (secondary N) is 1. The minimum atomic E-state index is 0.356. The Bertz CT molecular complexity index is 617. The van der Waals surface area contributed by atoms with Gasteiger partial charge in [0.1, 0.15) is 0 Å². The van der Waals surface area contributed by atoms with E-state index in [9.17, 15) is 0 Å². The Morgan fingerprint density at radius 3 is 2.95 bits per heavy atom. The molecule has 1 atom stereocenters. The van der Waals surface area contributed by atoms with E-state index < -0.39 is 0 Å². The first-order valence-corrected chi connectivity index (χ1v) is 7.82. The van der Waals surface area contributed by atoms with Crippen molar-refractivity contribution in [3.63, 3.8) is 0 Å². The molecule has 0 bridgehead atoms. The van der Waals surface area contributed by atoms with Gasteiger partial charge in [0.2, 0.25) is 0 Å². The van der Waals surface area contributed by atoms with Crippen molar-refractivity contribution in [3.8, 4) is 11.4 Å². The van der Waals surface area contributed by atoms with Crippen molar-refractivity contribution in [3.05, 3.63) is 29.8 Å². The van der Waals surface area contributed by atoms with Gasteiger partial charge in [-0.2, -0.15) is 5.10 Å². The maximum atomic E-state index is 4.78. The fourth-order valence-electron chi connectivity index (χ4n) is 2.88. The first-order chi connectivity index (χ1) is 10.2. The number of aryl methyl sites for hydroxylation is 1. The van der Waals surface area contributed by atoms with Crippen LogP contribution in [-0.4, -0.2) is 26.3 Å². The molecule has 0 aromatic carbocycles. The van der Waals surface area contributed by atoms with E-state index in [1.54, 1.807) is 0 Å². The maximum Gasteiger partial charge on any atom is 0.162 e. The first-order valence-electron chi connectivity index (χ1n) is 7.82. The molecular weight excluding hydrogens is 262 g/mol. The summed E-state index contributed by atoms with van der Waals surface area (Å²) in [6.07, 6.45) is 9.28. The number of hydrogen-bond acceptors (Lipinski definition) is 4. The van der Waals surface area contributed by atoms with Gasteiger partial charge in [-0.3, -0.25) is 4.68 Å². The highest BCUT2D eigenvalue weighted by molar-refractivity contribution is 5.52. The fraction of sp³-hybridized carbons (Fsp3) is 0.562. The highest BCUT2D eigenvalue weighted by atomic mass is 15.3. The molecule has 0 amide bonds. The molecule has 0 saturated carbocycles. The zero-order chi connectivity index (χ0) is 14.8. The summed E-state index contributed by atoms with van der Waals surface area (Å²) in [5, 5.41) is 7.90. The van der Waals surface area contributed by atoms with Crippen LogP contribution in [-0.2, 0) is 6.42 Å². The van der Waals surface area contributed by atoms with Crippen molar-refractivity contribution >= 4 is 0 Å². The first kappa shape index (κ1) is 14.2. The summed E-state index contributed by atoms with van der Waals surface area (Å²) in [5.41, 5.74) is 3.45. The molecule has 3 rings (SSSR count). The Labute approximate surface area is 125 Å². The number of rotatable bonds is 4. The van der Waals surface area contributed by atoms with E-state index in [0.29, 0.717) is 12.1 Å². The summed E-state index contributed by atoms with van der Waals surface area (Å²) in [7, 11) is 0. The third kappa shape index (κ3) is 2.83. The monoisotopic (exact) mass is 285 g/mol. The molecule has 2 heterocycles. The van der Waals surface area contributed by atoms with Crippen LogP contribution in [0.2, 0.25) is 0 Å². The van der Waals surface area contributed by atoms with Crippen molar-refractivity contribution in [2.75, 3.05) is 6.54 Å². The summed E-state index contributed by atoms with van der Waals surface area (Å²) in [4.78, 5) is 9.35. The topological polar surface area (TPSA) is 55.6 Å². The van der Waals surface area contributed by atoms with E-state index in [2.05, 4.69) is 36.2 Å². The molecule has 2 aromatic rings. The van der Waals surface area contributed by atoms with Crippen LogP contribution < -0.4 is 5.32 Å². The smallest absolute Gasteiger partial charge is 0.162 e. The van der Waals surface area contributed by atoms with Crippen LogP contribution >= 0.6 is 0 Å². The predicted molar refractivity (Wildman–Crippen MR) is 83.0 cm³/mol. The van der Waals surface area contributed by atoms with E-state index in [1.165, 1.54) is 24.1 Å². The molecule has 5 heteroatoms. The van der Waals surface area contributed by atoms with Crippen molar-refractivity contribution in [1.82, 2.24) is 25.1 Å². The van der Waals surface area contributed by atoms with Crippen molar-refractivity contribution in [1.29, 1.82) is 0 Å². The summed E-state index contributed by atoms with van der Waals surface area (Å²) in [6.45, 7) is 7.36. The van der Waals surface area contributed by atoms with Gasteiger partial charge in [-0.05, 0) is 39.7 Å². The quantitative estimate of drug-likeness (QED) is 0.938. The van der Waals surface area contributed by atoms with Gasteiger partial charge in [0, 0.05) is 35.7 Å². The lowest BCUT2D eigenvalue weighted by molar-refractivity contribution is 0.464. The van der Waals surface area contributed by atoms with Crippen LogP contribution in [0.3, 0.4) is 0 Å². The van der Waals surface area contributed by atoms with Gasteiger partial charge in [-0.1, -0.05) is 6.92 Å². The van der Waals surface area contributed by atoms with Crippen LogP contribution in [0.1, 0.15) is 57.0 Å². The number of aromatic nitrogens is 4. The zero-order valence-electron chi connectivity index (χ0n) is 13.0. The molecular formula is C16H23N5. The Balaban J connectivity index is 1.91. The summed E-state index contributed by atoms with van der Waals surface area (Å²) in [5.74, 6) is 0.790. The summed E-state index contributed by atoms with van der Waals surface area (Å²) < 4.78 is 1.94. The Morgan fingerprint density at radius 2 is 2.24 bits per heavy atom. The minimum Gasteiger partial charge on any atom is -0.310 e. The van der Waals surface area contributed by atoms with Crippen molar-refractivity contribution in [2.45, 2.75) is 52.1 Å². The van der Waals surface area contributed by atoms with E-state index >= 15 is 0 Å². The lowest BCUT2D eigenvalue weighted by Gasteiger charge is -2.25. The third-order valence-electron chi connectivity index (χ3n) is 4.02. The normalized spacial score (nSPS) is 18.0. The van der Waals surface area contributed by atoms with Crippen LogP contribution in [0.15, 0.2) is 18.6 Å². The largest absolute Gasteiger partial charge is 0.310 e. The average molecular weight is 285 g/mol. The van der Waals surface area contributed by atoms with Crippen molar-refractivity contribution < 1.29 is 0 Å². The molecule has 0 fully saturated rings. The van der Waals surface area contributed by atoms with Gasteiger partial charge >= 0.3 is 0 Å². The molecule has 0 aliphatic heterocycles. The van der Waals surface area contributed by atoms with Crippen LogP contribution in [0, 0.1) is 0 Å². The van der Waals surface area contributed by atoms with Crippen LogP contribution in [0.25, 0.3) is 11.4 Å². The number of hydrogen-bond donors (Lipinski definition) is 1. The van der Waals surface area contributed by atoms with Gasteiger partial charge in [0.05, 0.1) is 11.8 Å². The highest BCUT2D eigenvalue weighted by Crippen LogP contribution is 2.29. The second-order valence-electron chi connectivity index (χ2n) is 5.90. The molecule has 0 spiro atoms. The van der Waals surface area contributed by atoms with Gasteiger partial charge < -0.3 is 5.32 Å². The molecule has 2 aromatic heterocycles. The molecule has 1 aliphatic carbocycles. The fourth-order valence-corrected chi connectivity index (χ4v) is 2.88. The number of fused-ring (bicyclic) bond motifs is 1. The summed E-state index contributed by atoms with van der Waals surface area (Å²) >= 11 is 0. The molecule has 0 saturated heterocycles. The third-order valence-corrected chi connectivity index (χ3v) is 4.02. The highest BCUT2D eigenvalue weighted by Gasteiger charge is 2.21. The van der Waals surface area contributed by atoms with Crippen molar-refractivity contribution in [2.24, 2.45) is 0 Å². The van der Waals surface area contributed by atoms with Gasteiger partial charge in [0.15, 0.2) is 5.82 Å². The minimum absolute atomic E-state index is 0.356. The van der Waals surface area contributed by atoms with E-state index in [1.807, 2.05) is 23.3 Å². The standard InChI is InChI=1S/C16H23N5/c1-4-17-14-6-5-7-15-13(14)9-18-16(20-15)12-8-19-21(10-12)11(2)3/h8-11,14,17H,4-7H2,1-3H3. The second kappa shape index (κ2) is 5.93. The van der Waals surface area contributed by atoms with Crippen LogP contribution in [0.5, 0.6) is 0 Å². The zero-order valence-corrected chi connectivity index (χ0v) is 13.0. The van der Waals surface area contributed by atoms with Gasteiger partial charge in [-0.25, -0.2) is 9.97 Å². The average Bonchev–Trinajstić information content (AvgIpc) is 2.97. The van der Waals surface area contributed by atoms with Gasteiger partial charge in [-0.15, -0.1) is 0 Å². The molecule has 1 unspecified atom stereocenters. The predicted octanol–water partition coefficient (Wildman–Crippen LogP) is 2.91. The van der Waals surface area contributed by atoms with E-state index in [4.69, 9.17) is 4.98 Å². The second-order valence-corrected chi connectivity index (χ2v) is 5.90. The summed E-state index contributed by atoms with van der Waals surface area (Å²) in [6, 6.07) is 0.765. The number of nitrogens with zero attached hydrogens (tertiary/aromatic N) is 4. The molecule has 1 aliphatic rings. The Morgan fingerprint density at radius 1 is 1.38 bits per heavy atom. The molecule has 1 N–H and O–H groups in total. The molecule has 112 valence electrons. The lowest BCUT2D eigenvalue weighted by Crippen LogP contribution is -2.25. The maximum absolute atomic E-state index is 4.78. The van der Waals surface area contributed by atoms with E-state index in [0.717, 1.165) is 24.4 Å². The van der Waals surface area contributed by atoms with Gasteiger partial charge in [0.25, 0.3) is 0 Å². The Kier molecular flexibility index (Phi) is 4.01. The molecule has 0 radical (unpaired) electrons. The molecule has 5 nitrogen and oxygen atoms in total. The van der Waals surface area contributed by atoms with Crippen LogP contribution in [0.4, 0.5) is 0 Å². The molecule has 21 heavy (non-hydrogen) atoms.